The average Bonchev–Trinajstić information content (AvgIpc) is 3.32. The molecule has 10 nitrogen and oxygen atoms in total. The molecule has 0 aliphatic heterocycles. The van der Waals surface area contributed by atoms with Gasteiger partial charge in [-0.1, -0.05) is 90.2 Å². The molecule has 12 heteroatoms. The van der Waals surface area contributed by atoms with Gasteiger partial charge in [-0.25, -0.2) is 19.2 Å². The van der Waals surface area contributed by atoms with Gasteiger partial charge in [-0.3, -0.25) is 0 Å². The Morgan fingerprint density at radius 2 is 0.712 bits per heavy atom. The van der Waals surface area contributed by atoms with Crippen molar-refractivity contribution >= 4 is 66.5 Å². The summed E-state index contributed by atoms with van der Waals surface area (Å²) < 4.78 is 35.0. The van der Waals surface area contributed by atoms with E-state index in [-0.39, 0.29) is 34.1 Å². The van der Waals surface area contributed by atoms with Gasteiger partial charge in [0.15, 0.2) is 0 Å². The lowest BCUT2D eigenvalue weighted by molar-refractivity contribution is 0.0719. The Bertz CT molecular complexity index is 2400. The number of rotatable bonds is 24. The molecule has 6 rings (SSSR count). The molecule has 0 spiro atoms. The molecule has 0 amide bonds. The zero-order valence-corrected chi connectivity index (χ0v) is 40.5. The van der Waals surface area contributed by atoms with E-state index in [9.17, 15) is 19.2 Å². The van der Waals surface area contributed by atoms with Crippen molar-refractivity contribution in [3.8, 4) is 34.5 Å². The maximum atomic E-state index is 13.2. The molecular formula is C54H54Br2O10. The fourth-order valence-electron chi connectivity index (χ4n) is 6.92. The van der Waals surface area contributed by atoms with Crippen LogP contribution in [0, 0.1) is 0 Å². The van der Waals surface area contributed by atoms with Gasteiger partial charge in [0.2, 0.25) is 0 Å². The number of fused-ring (bicyclic) bond motifs is 1. The number of esters is 4. The molecule has 0 heterocycles. The van der Waals surface area contributed by atoms with Gasteiger partial charge in [0.1, 0.15) is 34.5 Å². The topological polar surface area (TPSA) is 124 Å². The van der Waals surface area contributed by atoms with Crippen molar-refractivity contribution < 1.29 is 47.6 Å². The third-order valence-electron chi connectivity index (χ3n) is 10.7. The second kappa shape index (κ2) is 25.6. The maximum Gasteiger partial charge on any atom is 0.343 e. The van der Waals surface area contributed by atoms with Gasteiger partial charge in [0.05, 0.1) is 44.4 Å². The van der Waals surface area contributed by atoms with Gasteiger partial charge in [-0.05, 0) is 165 Å². The van der Waals surface area contributed by atoms with Crippen LogP contribution < -0.4 is 28.4 Å². The highest BCUT2D eigenvalue weighted by atomic mass is 79.9. The second-order valence-electron chi connectivity index (χ2n) is 15.8. The molecule has 0 bridgehead atoms. The van der Waals surface area contributed by atoms with Gasteiger partial charge in [-0.15, -0.1) is 0 Å². The first-order valence-electron chi connectivity index (χ1n) is 22.6. The minimum atomic E-state index is -0.631. The Morgan fingerprint density at radius 3 is 1.11 bits per heavy atom. The monoisotopic (exact) mass is 1020 g/mol. The van der Waals surface area contributed by atoms with Crippen LogP contribution in [0.15, 0.2) is 130 Å². The van der Waals surface area contributed by atoms with E-state index in [0.717, 1.165) is 31.1 Å². The lowest BCUT2D eigenvalue weighted by atomic mass is 10.1. The third-order valence-corrected chi connectivity index (χ3v) is 11.9. The van der Waals surface area contributed by atoms with E-state index in [1.165, 1.54) is 87.8 Å². The van der Waals surface area contributed by atoms with Gasteiger partial charge >= 0.3 is 23.9 Å². The van der Waals surface area contributed by atoms with E-state index in [2.05, 4.69) is 45.7 Å². The van der Waals surface area contributed by atoms with Crippen LogP contribution in [0.25, 0.3) is 10.8 Å². The van der Waals surface area contributed by atoms with Crippen LogP contribution in [0.4, 0.5) is 0 Å². The van der Waals surface area contributed by atoms with Gasteiger partial charge in [0, 0.05) is 0 Å². The van der Waals surface area contributed by atoms with Crippen LogP contribution in [0.3, 0.4) is 0 Å². The van der Waals surface area contributed by atoms with Gasteiger partial charge < -0.3 is 28.4 Å². The first-order valence-corrected chi connectivity index (χ1v) is 24.2. The number of carbonyl (C=O) groups is 4. The lowest BCUT2D eigenvalue weighted by Crippen LogP contribution is -2.11. The van der Waals surface area contributed by atoms with Crippen LogP contribution in [0.5, 0.6) is 34.5 Å². The molecule has 344 valence electrons. The van der Waals surface area contributed by atoms with Crippen molar-refractivity contribution in [3.05, 3.63) is 153 Å². The Hall–Kier alpha value is -5.98. The summed E-state index contributed by atoms with van der Waals surface area (Å²) in [4.78, 5) is 52.2. The van der Waals surface area contributed by atoms with E-state index < -0.39 is 23.9 Å². The Kier molecular flexibility index (Phi) is 19.2. The normalized spacial score (nSPS) is 10.9. The van der Waals surface area contributed by atoms with Gasteiger partial charge in [-0.2, -0.15) is 0 Å². The highest BCUT2D eigenvalue weighted by Crippen LogP contribution is 2.31. The highest BCUT2D eigenvalue weighted by Gasteiger charge is 2.18. The molecule has 0 unspecified atom stereocenters. The Morgan fingerprint density at radius 1 is 0.364 bits per heavy atom. The molecule has 6 aromatic carbocycles. The predicted octanol–water partition coefficient (Wildman–Crippen LogP) is 14.7. The SMILES string of the molecule is CCCCCCCCOc1ccc(C(=O)Oc2ccc(C(=O)Oc3ccc4ccc(OC(=O)c5ccc(OC(=O)c6ccc(OCCCCCCCC)cc6)c(Br)c5)cc4c3)cc2Br)cc1. The molecule has 0 aromatic heterocycles. The first kappa shape index (κ1) is 49.5. The average molecular weight is 1020 g/mol. The van der Waals surface area contributed by atoms with Crippen molar-refractivity contribution in [1.29, 1.82) is 0 Å². The molecule has 6 aromatic rings. The van der Waals surface area contributed by atoms with Crippen molar-refractivity contribution in [3.63, 3.8) is 0 Å². The fraction of sp³-hybridized carbons (Fsp3) is 0.296. The number of carbonyl (C=O) groups excluding carboxylic acids is 4. The van der Waals surface area contributed by atoms with Crippen LogP contribution in [0.1, 0.15) is 132 Å². The van der Waals surface area contributed by atoms with E-state index in [4.69, 9.17) is 28.4 Å². The summed E-state index contributed by atoms with van der Waals surface area (Å²) in [7, 11) is 0. The third kappa shape index (κ3) is 15.0. The Balaban J connectivity index is 0.978. The fourth-order valence-corrected chi connectivity index (χ4v) is 7.84. The van der Waals surface area contributed by atoms with Crippen molar-refractivity contribution in [2.75, 3.05) is 13.2 Å². The first-order chi connectivity index (χ1) is 32.1. The van der Waals surface area contributed by atoms with Crippen LogP contribution >= 0.6 is 31.9 Å². The summed E-state index contributed by atoms with van der Waals surface area (Å²) in [6.45, 7) is 5.66. The summed E-state index contributed by atoms with van der Waals surface area (Å²) in [6.07, 6.45) is 14.1. The lowest BCUT2D eigenvalue weighted by Gasteiger charge is -2.11. The summed E-state index contributed by atoms with van der Waals surface area (Å²) in [6, 6.07) is 32.9. The van der Waals surface area contributed by atoms with E-state index in [1.807, 2.05) is 0 Å². The summed E-state index contributed by atoms with van der Waals surface area (Å²) in [5, 5.41) is 1.48. The van der Waals surface area contributed by atoms with E-state index >= 15 is 0 Å². The van der Waals surface area contributed by atoms with Crippen molar-refractivity contribution in [1.82, 2.24) is 0 Å². The van der Waals surface area contributed by atoms with Crippen molar-refractivity contribution in [2.24, 2.45) is 0 Å². The summed E-state index contributed by atoms with van der Waals surface area (Å²) in [5.41, 5.74) is 1.16. The molecule has 0 fully saturated rings. The van der Waals surface area contributed by atoms with Crippen molar-refractivity contribution in [2.45, 2.75) is 90.9 Å². The second-order valence-corrected chi connectivity index (χ2v) is 17.5. The Labute approximate surface area is 403 Å². The molecular weight excluding hydrogens is 968 g/mol. The highest BCUT2D eigenvalue weighted by molar-refractivity contribution is 9.11. The molecule has 0 aliphatic rings. The summed E-state index contributed by atoms with van der Waals surface area (Å²) in [5.74, 6) is 0.0200. The molecule has 0 radical (unpaired) electrons. The number of ether oxygens (including phenoxy) is 6. The molecule has 0 aliphatic carbocycles. The quantitative estimate of drug-likeness (QED) is 0.0329. The minimum Gasteiger partial charge on any atom is -0.494 e. The number of unbranched alkanes of at least 4 members (excludes halogenated alkanes) is 10. The smallest absolute Gasteiger partial charge is 0.343 e. The molecule has 66 heavy (non-hydrogen) atoms. The molecule has 0 saturated carbocycles. The van der Waals surface area contributed by atoms with E-state index in [1.54, 1.807) is 84.9 Å². The zero-order chi connectivity index (χ0) is 46.7. The van der Waals surface area contributed by atoms with E-state index in [0.29, 0.717) is 50.2 Å². The molecule has 0 N–H and O–H groups in total. The largest absolute Gasteiger partial charge is 0.494 e. The van der Waals surface area contributed by atoms with Crippen LogP contribution in [-0.2, 0) is 0 Å². The zero-order valence-electron chi connectivity index (χ0n) is 37.3. The van der Waals surface area contributed by atoms with Crippen LogP contribution in [0.2, 0.25) is 0 Å². The molecule has 0 atom stereocenters. The number of halogens is 2. The predicted molar refractivity (Wildman–Crippen MR) is 263 cm³/mol. The number of hydrogen-bond acceptors (Lipinski definition) is 10. The standard InChI is InChI=1S/C54H54Br2O10/c1-3-5-7-9-11-13-31-61-43-23-17-38(18-24-43)51(57)65-49-29-21-40(35-47(49)55)53(59)63-45-27-15-37-16-28-46(34-42(37)33-45)64-54(60)41-22-30-50(48(56)36-41)66-52(58)39-19-25-44(26-20-39)62-32-14-12-10-8-6-4-2/h15-30,33-36H,3-14,31-32H2,1-2H3. The maximum absolute atomic E-state index is 13.2. The number of benzene rings is 6. The number of hydrogen-bond donors (Lipinski definition) is 0. The summed E-state index contributed by atoms with van der Waals surface area (Å²) >= 11 is 6.83. The minimum absolute atomic E-state index is 0.223. The molecule has 0 saturated heterocycles. The van der Waals surface area contributed by atoms with Crippen LogP contribution in [-0.4, -0.2) is 37.1 Å². The van der Waals surface area contributed by atoms with Gasteiger partial charge in [0.25, 0.3) is 0 Å².